The van der Waals surface area contributed by atoms with E-state index in [0.717, 1.165) is 66.4 Å². The zero-order valence-electron chi connectivity index (χ0n) is 17.4. The Labute approximate surface area is 175 Å². The predicted molar refractivity (Wildman–Crippen MR) is 116 cm³/mol. The molecule has 30 heavy (non-hydrogen) atoms. The number of aromatic nitrogens is 3. The fraction of sp³-hybridized carbons (Fsp3) is 0.500. The van der Waals surface area contributed by atoms with Gasteiger partial charge in [0, 0.05) is 37.6 Å². The number of unbranched alkanes of at least 4 members (excludes halogenated alkanes) is 1. The third-order valence-corrected chi connectivity index (χ3v) is 5.56. The first-order chi connectivity index (χ1) is 14.7. The quantitative estimate of drug-likeness (QED) is 0.577. The summed E-state index contributed by atoms with van der Waals surface area (Å²) in [6.45, 7) is 4.66. The van der Waals surface area contributed by atoms with Crippen LogP contribution < -0.4 is 11.1 Å². The number of nitrogen functional groups attached to an aromatic ring is 1. The van der Waals surface area contributed by atoms with E-state index in [1.54, 1.807) is 0 Å². The summed E-state index contributed by atoms with van der Waals surface area (Å²) in [7, 11) is 0. The van der Waals surface area contributed by atoms with Gasteiger partial charge in [-0.1, -0.05) is 25.1 Å². The molecule has 0 unspecified atom stereocenters. The minimum absolute atomic E-state index is 0.156. The van der Waals surface area contributed by atoms with Crippen LogP contribution in [0.15, 0.2) is 24.3 Å². The average molecular weight is 412 g/mol. The van der Waals surface area contributed by atoms with E-state index in [2.05, 4.69) is 27.9 Å². The number of hydrogen-bond acceptors (Lipinski definition) is 6. The molecule has 8 nitrogen and oxygen atoms in total. The SMILES string of the molecule is CCc1nc2c(N)nc3ccccc3c2n1CCCCOC(=O)NC1CCOCC1. The van der Waals surface area contributed by atoms with Crippen molar-refractivity contribution < 1.29 is 14.3 Å². The fourth-order valence-electron chi connectivity index (χ4n) is 4.00. The Balaban J connectivity index is 1.38. The molecule has 1 saturated heterocycles. The van der Waals surface area contributed by atoms with Crippen LogP contribution >= 0.6 is 0 Å². The second-order valence-corrected chi connectivity index (χ2v) is 7.62. The second kappa shape index (κ2) is 9.30. The number of alkyl carbamates (subject to hydrolysis) is 1. The lowest BCUT2D eigenvalue weighted by molar-refractivity contribution is 0.0732. The number of benzene rings is 1. The molecule has 2 aromatic heterocycles. The first-order valence-electron chi connectivity index (χ1n) is 10.7. The number of para-hydroxylation sites is 1. The van der Waals surface area contributed by atoms with Crippen molar-refractivity contribution in [2.75, 3.05) is 25.6 Å². The Morgan fingerprint density at radius 2 is 2.07 bits per heavy atom. The first kappa shape index (κ1) is 20.4. The highest BCUT2D eigenvalue weighted by atomic mass is 16.5. The number of carbonyl (C=O) groups excluding carboxylic acids is 1. The van der Waals surface area contributed by atoms with Crippen molar-refractivity contribution in [2.24, 2.45) is 0 Å². The van der Waals surface area contributed by atoms with E-state index in [1.165, 1.54) is 0 Å². The lowest BCUT2D eigenvalue weighted by Gasteiger charge is -2.22. The number of pyridine rings is 1. The first-order valence-corrected chi connectivity index (χ1v) is 10.7. The molecular weight excluding hydrogens is 382 g/mol. The van der Waals surface area contributed by atoms with Gasteiger partial charge in [0.2, 0.25) is 0 Å². The zero-order valence-corrected chi connectivity index (χ0v) is 17.4. The smallest absolute Gasteiger partial charge is 0.407 e. The van der Waals surface area contributed by atoms with Crippen LogP contribution in [0.25, 0.3) is 21.9 Å². The molecule has 0 aliphatic carbocycles. The van der Waals surface area contributed by atoms with Gasteiger partial charge in [0.05, 0.1) is 17.6 Å². The monoisotopic (exact) mass is 411 g/mol. The van der Waals surface area contributed by atoms with Gasteiger partial charge in [0.15, 0.2) is 5.82 Å². The number of rotatable bonds is 7. The number of hydrogen-bond donors (Lipinski definition) is 2. The Hall–Kier alpha value is -2.87. The Kier molecular flexibility index (Phi) is 6.32. The average Bonchev–Trinajstić information content (AvgIpc) is 3.14. The van der Waals surface area contributed by atoms with Crippen LogP contribution in [-0.2, 0) is 22.4 Å². The van der Waals surface area contributed by atoms with Crippen molar-refractivity contribution in [3.05, 3.63) is 30.1 Å². The number of amides is 1. The molecule has 160 valence electrons. The van der Waals surface area contributed by atoms with Crippen LogP contribution in [0, 0.1) is 0 Å². The Bertz CT molecular complexity index is 1030. The van der Waals surface area contributed by atoms with Gasteiger partial charge in [-0.25, -0.2) is 14.8 Å². The molecule has 0 spiro atoms. The molecule has 1 amide bonds. The van der Waals surface area contributed by atoms with Crippen molar-refractivity contribution >= 4 is 33.8 Å². The van der Waals surface area contributed by atoms with E-state index in [1.807, 2.05) is 18.2 Å². The standard InChI is InChI=1S/C22H29N5O3/c1-2-18-26-19-20(16-7-3-4-8-17(16)25-21(19)23)27(18)11-5-6-12-30-22(28)24-15-9-13-29-14-10-15/h3-4,7-8,15H,2,5-6,9-14H2,1H3,(H2,23,25)(H,24,28). The Morgan fingerprint density at radius 3 is 2.87 bits per heavy atom. The maximum Gasteiger partial charge on any atom is 0.407 e. The molecular formula is C22H29N5O3. The summed E-state index contributed by atoms with van der Waals surface area (Å²) in [5.74, 6) is 1.46. The van der Waals surface area contributed by atoms with Gasteiger partial charge in [-0.15, -0.1) is 0 Å². The number of nitrogens with zero attached hydrogens (tertiary/aromatic N) is 3. The van der Waals surface area contributed by atoms with Gasteiger partial charge in [0.25, 0.3) is 0 Å². The van der Waals surface area contributed by atoms with Gasteiger partial charge in [-0.3, -0.25) is 0 Å². The lowest BCUT2D eigenvalue weighted by Crippen LogP contribution is -2.39. The van der Waals surface area contributed by atoms with Gasteiger partial charge < -0.3 is 25.1 Å². The third kappa shape index (κ3) is 4.33. The zero-order chi connectivity index (χ0) is 20.9. The lowest BCUT2D eigenvalue weighted by atomic mass is 10.1. The van der Waals surface area contributed by atoms with E-state index in [9.17, 15) is 4.79 Å². The number of fused-ring (bicyclic) bond motifs is 3. The summed E-state index contributed by atoms with van der Waals surface area (Å²) in [6.07, 6.45) is 3.81. The largest absolute Gasteiger partial charge is 0.450 e. The molecule has 3 aromatic rings. The summed E-state index contributed by atoms with van der Waals surface area (Å²) < 4.78 is 12.9. The number of ether oxygens (including phenoxy) is 2. The van der Waals surface area contributed by atoms with E-state index in [0.29, 0.717) is 25.6 Å². The molecule has 1 fully saturated rings. The number of nitrogens with one attached hydrogen (secondary N) is 1. The van der Waals surface area contributed by atoms with Crippen LogP contribution in [0.4, 0.5) is 10.6 Å². The van der Waals surface area contributed by atoms with E-state index in [-0.39, 0.29) is 12.1 Å². The number of aryl methyl sites for hydroxylation is 2. The van der Waals surface area contributed by atoms with Crippen LogP contribution in [0.5, 0.6) is 0 Å². The van der Waals surface area contributed by atoms with Crippen molar-refractivity contribution in [1.82, 2.24) is 19.9 Å². The maximum atomic E-state index is 12.0. The number of carbonyl (C=O) groups is 1. The van der Waals surface area contributed by atoms with E-state index >= 15 is 0 Å². The van der Waals surface area contributed by atoms with E-state index in [4.69, 9.17) is 20.2 Å². The highest BCUT2D eigenvalue weighted by molar-refractivity contribution is 6.06. The number of nitrogens with two attached hydrogens (primary N) is 1. The van der Waals surface area contributed by atoms with Crippen LogP contribution in [0.3, 0.4) is 0 Å². The normalized spacial score (nSPS) is 15.0. The number of imidazole rings is 1. The molecule has 0 saturated carbocycles. The molecule has 3 N–H and O–H groups in total. The maximum absolute atomic E-state index is 12.0. The summed E-state index contributed by atoms with van der Waals surface area (Å²) >= 11 is 0. The molecule has 1 aromatic carbocycles. The van der Waals surface area contributed by atoms with Gasteiger partial charge >= 0.3 is 6.09 Å². The molecule has 8 heteroatoms. The fourth-order valence-corrected chi connectivity index (χ4v) is 4.00. The van der Waals surface area contributed by atoms with E-state index < -0.39 is 0 Å². The molecule has 0 radical (unpaired) electrons. The van der Waals surface area contributed by atoms with Crippen LogP contribution in [-0.4, -0.2) is 46.5 Å². The van der Waals surface area contributed by atoms with Crippen molar-refractivity contribution in [2.45, 2.75) is 51.6 Å². The molecule has 4 rings (SSSR count). The Morgan fingerprint density at radius 1 is 1.27 bits per heavy atom. The van der Waals surface area contributed by atoms with Gasteiger partial charge in [-0.05, 0) is 31.7 Å². The summed E-state index contributed by atoms with van der Waals surface area (Å²) in [5, 5.41) is 3.97. The van der Waals surface area contributed by atoms with Crippen LogP contribution in [0.2, 0.25) is 0 Å². The summed E-state index contributed by atoms with van der Waals surface area (Å²) in [5.41, 5.74) is 8.86. The second-order valence-electron chi connectivity index (χ2n) is 7.62. The highest BCUT2D eigenvalue weighted by Crippen LogP contribution is 2.29. The highest BCUT2D eigenvalue weighted by Gasteiger charge is 2.17. The molecule has 0 atom stereocenters. The predicted octanol–water partition coefficient (Wildman–Crippen LogP) is 3.41. The van der Waals surface area contributed by atoms with Crippen molar-refractivity contribution in [3.63, 3.8) is 0 Å². The minimum Gasteiger partial charge on any atom is -0.450 e. The summed E-state index contributed by atoms with van der Waals surface area (Å²) in [4.78, 5) is 21.2. The van der Waals surface area contributed by atoms with Crippen molar-refractivity contribution in [3.8, 4) is 0 Å². The van der Waals surface area contributed by atoms with Gasteiger partial charge in [-0.2, -0.15) is 0 Å². The topological polar surface area (TPSA) is 104 Å². The van der Waals surface area contributed by atoms with Crippen molar-refractivity contribution in [1.29, 1.82) is 0 Å². The molecule has 3 heterocycles. The minimum atomic E-state index is -0.339. The molecule has 0 bridgehead atoms. The summed E-state index contributed by atoms with van der Waals surface area (Å²) in [6, 6.07) is 8.16. The number of anilines is 1. The van der Waals surface area contributed by atoms with Gasteiger partial charge in [0.1, 0.15) is 11.3 Å². The third-order valence-electron chi connectivity index (χ3n) is 5.56. The molecule has 1 aliphatic heterocycles. The van der Waals surface area contributed by atoms with Crippen LogP contribution in [0.1, 0.15) is 38.4 Å². The molecule has 1 aliphatic rings.